The summed E-state index contributed by atoms with van der Waals surface area (Å²) in [6.45, 7) is 4.07. The van der Waals surface area contributed by atoms with Gasteiger partial charge < -0.3 is 4.74 Å². The van der Waals surface area contributed by atoms with Crippen molar-refractivity contribution in [1.82, 2.24) is 0 Å². The molecule has 0 bridgehead atoms. The number of rotatable bonds is 8. The molecule has 2 aromatic carbocycles. The van der Waals surface area contributed by atoms with E-state index >= 15 is 0 Å². The Morgan fingerprint density at radius 1 is 1.07 bits per heavy atom. The van der Waals surface area contributed by atoms with Crippen molar-refractivity contribution in [2.45, 2.75) is 71.3 Å². The fourth-order valence-corrected chi connectivity index (χ4v) is 4.34. The van der Waals surface area contributed by atoms with Gasteiger partial charge in [-0.05, 0) is 86.3 Å². The first kappa shape index (κ1) is 21.7. The monoisotopic (exact) mass is 404 g/mol. The van der Waals surface area contributed by atoms with Crippen LogP contribution < -0.4 is 4.74 Å². The molecular formula is C25H31F3O. The highest BCUT2D eigenvalue weighted by molar-refractivity contribution is 5.84. The molecule has 0 atom stereocenters. The molecule has 1 aliphatic carbocycles. The number of halogens is 3. The zero-order chi connectivity index (χ0) is 20.9. The molecule has 0 spiro atoms. The van der Waals surface area contributed by atoms with Crippen LogP contribution in [0.1, 0.15) is 64.4 Å². The van der Waals surface area contributed by atoms with Crippen LogP contribution in [0.4, 0.5) is 13.2 Å². The van der Waals surface area contributed by atoms with Gasteiger partial charge in [0.2, 0.25) is 0 Å². The number of ether oxygens (including phenoxy) is 1. The Hall–Kier alpha value is -1.97. The fraction of sp³-hybridized carbons (Fsp3) is 0.520. The molecule has 4 heteroatoms. The van der Waals surface area contributed by atoms with Gasteiger partial charge in [0.05, 0.1) is 5.92 Å². The highest BCUT2D eigenvalue weighted by Gasteiger charge is 2.44. The van der Waals surface area contributed by atoms with Crippen LogP contribution in [0.2, 0.25) is 0 Å². The van der Waals surface area contributed by atoms with Gasteiger partial charge in [-0.25, -0.2) is 4.39 Å². The zero-order valence-corrected chi connectivity index (χ0v) is 17.4. The molecule has 0 aliphatic heterocycles. The van der Waals surface area contributed by atoms with E-state index in [9.17, 15) is 13.2 Å². The van der Waals surface area contributed by atoms with Crippen LogP contribution >= 0.6 is 0 Å². The number of alkyl halides is 2. The Labute approximate surface area is 172 Å². The van der Waals surface area contributed by atoms with Crippen molar-refractivity contribution in [3.05, 3.63) is 53.9 Å². The van der Waals surface area contributed by atoms with E-state index in [4.69, 9.17) is 4.74 Å². The summed E-state index contributed by atoms with van der Waals surface area (Å²) >= 11 is 0. The van der Waals surface area contributed by atoms with Crippen molar-refractivity contribution in [1.29, 1.82) is 0 Å². The second kappa shape index (κ2) is 9.69. The number of benzene rings is 2. The van der Waals surface area contributed by atoms with Crippen LogP contribution in [0.25, 0.3) is 10.8 Å². The smallest absolute Gasteiger partial charge is 0.400 e. The van der Waals surface area contributed by atoms with Crippen LogP contribution in [0.3, 0.4) is 0 Å². The maximum atomic E-state index is 14.8. The maximum Gasteiger partial charge on any atom is 0.400 e. The van der Waals surface area contributed by atoms with E-state index in [2.05, 4.69) is 13.0 Å². The molecule has 1 nitrogen and oxygen atoms in total. The third kappa shape index (κ3) is 5.55. The quantitative estimate of drug-likeness (QED) is 0.404. The van der Waals surface area contributed by atoms with Gasteiger partial charge in [-0.2, -0.15) is 8.78 Å². The maximum absolute atomic E-state index is 14.8. The lowest BCUT2D eigenvalue weighted by Crippen LogP contribution is -2.37. The molecule has 0 aromatic heterocycles. The normalized spacial score (nSPS) is 20.4. The number of hydrogen-bond acceptors (Lipinski definition) is 1. The molecule has 158 valence electrons. The summed E-state index contributed by atoms with van der Waals surface area (Å²) in [5, 5.41) is 1.43. The first-order valence-electron chi connectivity index (χ1n) is 10.8. The lowest BCUT2D eigenvalue weighted by Gasteiger charge is -2.33. The average Bonchev–Trinajstić information content (AvgIpc) is 2.69. The minimum Gasteiger partial charge on any atom is -0.429 e. The van der Waals surface area contributed by atoms with Gasteiger partial charge in [0.1, 0.15) is 0 Å². The standard InChI is InChI=1S/C25H31F3O/c1-3-5-6-8-18-10-13-22(14-11-18)25(27,28)29-24-17-20-12-9-19(7-4-2)15-21(20)16-23(24)26/h3,5,9,12,15-18,22H,4,6-8,10-11,13-14H2,1-2H3/b5-3+. The lowest BCUT2D eigenvalue weighted by molar-refractivity contribution is -0.224. The number of allylic oxidation sites excluding steroid dienone is 2. The Morgan fingerprint density at radius 2 is 1.83 bits per heavy atom. The van der Waals surface area contributed by atoms with E-state index < -0.39 is 17.8 Å². The molecule has 1 fully saturated rings. The van der Waals surface area contributed by atoms with E-state index in [1.807, 2.05) is 31.2 Å². The van der Waals surface area contributed by atoms with Crippen molar-refractivity contribution in [3.8, 4) is 5.75 Å². The minimum atomic E-state index is -3.36. The molecule has 2 aromatic rings. The molecular weight excluding hydrogens is 373 g/mol. The Balaban J connectivity index is 1.67. The molecule has 29 heavy (non-hydrogen) atoms. The minimum absolute atomic E-state index is 0.360. The van der Waals surface area contributed by atoms with Crippen LogP contribution in [0.5, 0.6) is 5.75 Å². The molecule has 0 heterocycles. The first-order valence-corrected chi connectivity index (χ1v) is 10.8. The summed E-state index contributed by atoms with van der Waals surface area (Å²) in [4.78, 5) is 0. The summed E-state index contributed by atoms with van der Waals surface area (Å²) in [6, 6.07) is 8.43. The zero-order valence-electron chi connectivity index (χ0n) is 17.4. The number of aryl methyl sites for hydroxylation is 1. The van der Waals surface area contributed by atoms with Crippen molar-refractivity contribution >= 4 is 10.8 Å². The van der Waals surface area contributed by atoms with E-state index in [0.717, 1.165) is 44.1 Å². The van der Waals surface area contributed by atoms with Crippen LogP contribution in [-0.2, 0) is 6.42 Å². The van der Waals surface area contributed by atoms with Crippen molar-refractivity contribution < 1.29 is 17.9 Å². The largest absolute Gasteiger partial charge is 0.429 e. The summed E-state index contributed by atoms with van der Waals surface area (Å²) in [6.07, 6.45) is 7.14. The number of fused-ring (bicyclic) bond motifs is 1. The van der Waals surface area contributed by atoms with Gasteiger partial charge in [0.25, 0.3) is 0 Å². The van der Waals surface area contributed by atoms with Crippen LogP contribution in [0.15, 0.2) is 42.5 Å². The highest BCUT2D eigenvalue weighted by atomic mass is 19.3. The number of hydrogen-bond donors (Lipinski definition) is 0. The lowest BCUT2D eigenvalue weighted by atomic mass is 9.79. The molecule has 3 rings (SSSR count). The van der Waals surface area contributed by atoms with E-state index in [0.29, 0.717) is 29.5 Å². The van der Waals surface area contributed by atoms with Crippen LogP contribution in [0, 0.1) is 17.7 Å². The fourth-order valence-electron chi connectivity index (χ4n) is 4.34. The Morgan fingerprint density at radius 3 is 2.52 bits per heavy atom. The van der Waals surface area contributed by atoms with Crippen molar-refractivity contribution in [3.63, 3.8) is 0 Å². The summed E-state index contributed by atoms with van der Waals surface area (Å²) in [5.41, 5.74) is 1.12. The predicted octanol–water partition coefficient (Wildman–Crippen LogP) is 8.07. The SMILES string of the molecule is C/C=C/CCC1CCC(C(F)(F)Oc2cc3ccc(CCC)cc3cc2F)CC1. The van der Waals surface area contributed by atoms with E-state index in [1.54, 1.807) is 0 Å². The average molecular weight is 405 g/mol. The van der Waals surface area contributed by atoms with Gasteiger partial charge in [-0.3, -0.25) is 0 Å². The van der Waals surface area contributed by atoms with Gasteiger partial charge >= 0.3 is 6.11 Å². The van der Waals surface area contributed by atoms with Crippen LogP contribution in [-0.4, -0.2) is 6.11 Å². The third-order valence-corrected chi connectivity index (χ3v) is 6.04. The highest BCUT2D eigenvalue weighted by Crippen LogP contribution is 2.42. The summed E-state index contributed by atoms with van der Waals surface area (Å²) < 4.78 is 49.0. The van der Waals surface area contributed by atoms with Crippen molar-refractivity contribution in [2.75, 3.05) is 0 Å². The second-order valence-electron chi connectivity index (χ2n) is 8.24. The van der Waals surface area contributed by atoms with Gasteiger partial charge in [-0.1, -0.05) is 43.7 Å². The molecule has 0 saturated heterocycles. The predicted molar refractivity (Wildman–Crippen MR) is 113 cm³/mol. The van der Waals surface area contributed by atoms with Gasteiger partial charge in [0, 0.05) is 0 Å². The third-order valence-electron chi connectivity index (χ3n) is 6.04. The second-order valence-corrected chi connectivity index (χ2v) is 8.24. The van der Waals surface area contributed by atoms with E-state index in [-0.39, 0.29) is 5.75 Å². The Kier molecular flexibility index (Phi) is 7.26. The Bertz CT molecular complexity index is 835. The molecule has 0 amide bonds. The van der Waals surface area contributed by atoms with Crippen molar-refractivity contribution in [2.24, 2.45) is 11.8 Å². The summed E-state index contributed by atoms with van der Waals surface area (Å²) in [5.74, 6) is -1.46. The molecule has 0 radical (unpaired) electrons. The molecule has 0 N–H and O–H groups in total. The molecule has 1 aliphatic rings. The summed E-state index contributed by atoms with van der Waals surface area (Å²) in [7, 11) is 0. The molecule has 0 unspecified atom stereocenters. The first-order chi connectivity index (χ1) is 13.9. The molecule has 1 saturated carbocycles. The topological polar surface area (TPSA) is 9.23 Å². The van der Waals surface area contributed by atoms with Gasteiger partial charge in [0.15, 0.2) is 11.6 Å². The van der Waals surface area contributed by atoms with Gasteiger partial charge in [-0.15, -0.1) is 0 Å². The van der Waals surface area contributed by atoms with E-state index in [1.165, 1.54) is 12.1 Å².